The summed E-state index contributed by atoms with van der Waals surface area (Å²) in [7, 11) is 0. The fourth-order valence-electron chi connectivity index (χ4n) is 3.74. The molecule has 0 spiro atoms. The summed E-state index contributed by atoms with van der Waals surface area (Å²) in [6.07, 6.45) is 4.44. The summed E-state index contributed by atoms with van der Waals surface area (Å²) in [6.45, 7) is 5.38. The van der Waals surface area contributed by atoms with Gasteiger partial charge in [-0.1, -0.05) is 32.0 Å². The summed E-state index contributed by atoms with van der Waals surface area (Å²) < 4.78 is 5.00. The van der Waals surface area contributed by atoms with E-state index in [0.29, 0.717) is 24.2 Å². The van der Waals surface area contributed by atoms with E-state index in [4.69, 9.17) is 4.42 Å². The molecule has 1 aliphatic rings. The van der Waals surface area contributed by atoms with Crippen LogP contribution < -0.4 is 5.32 Å². The first-order valence-electron chi connectivity index (χ1n) is 10.0. The number of hydrogen-bond acceptors (Lipinski definition) is 4. The molecule has 1 N–H and O–H groups in total. The van der Waals surface area contributed by atoms with Crippen LogP contribution in [0.2, 0.25) is 0 Å². The number of fused-ring (bicyclic) bond motifs is 1. The van der Waals surface area contributed by atoms with Gasteiger partial charge in [0.1, 0.15) is 6.26 Å². The van der Waals surface area contributed by atoms with Crippen LogP contribution in [0.25, 0.3) is 10.9 Å². The maximum Gasteiger partial charge on any atom is 0.257 e. The highest BCUT2D eigenvalue weighted by Crippen LogP contribution is 2.23. The van der Waals surface area contributed by atoms with Crippen LogP contribution in [0, 0.1) is 0 Å². The summed E-state index contributed by atoms with van der Waals surface area (Å²) in [4.78, 5) is 32.0. The number of benzene rings is 1. The van der Waals surface area contributed by atoms with Crippen molar-refractivity contribution in [1.29, 1.82) is 0 Å². The molecule has 1 fully saturated rings. The first kappa shape index (κ1) is 19.2. The monoisotopic (exact) mass is 391 g/mol. The smallest absolute Gasteiger partial charge is 0.257 e. The molecule has 29 heavy (non-hydrogen) atoms. The van der Waals surface area contributed by atoms with Crippen molar-refractivity contribution in [3.8, 4) is 0 Å². The standard InChI is InChI=1S/C23H25N3O3/c1-15(2)21-13-19(18-5-3-4-6-20(18)25-21)22(27)24-17-7-10-26(11-8-17)23(28)16-9-12-29-14-16/h3-6,9,12-15,17H,7-8,10-11H2,1-2H3,(H,24,27). The molecule has 4 rings (SSSR count). The highest BCUT2D eigenvalue weighted by Gasteiger charge is 2.26. The van der Waals surface area contributed by atoms with Gasteiger partial charge in [-0.2, -0.15) is 0 Å². The Morgan fingerprint density at radius 1 is 1.17 bits per heavy atom. The van der Waals surface area contributed by atoms with Gasteiger partial charge < -0.3 is 14.6 Å². The summed E-state index contributed by atoms with van der Waals surface area (Å²) in [5.41, 5.74) is 2.98. The molecule has 3 heterocycles. The van der Waals surface area contributed by atoms with Gasteiger partial charge in [0.25, 0.3) is 11.8 Å². The highest BCUT2D eigenvalue weighted by molar-refractivity contribution is 6.06. The number of nitrogens with one attached hydrogen (secondary N) is 1. The largest absolute Gasteiger partial charge is 0.472 e. The average Bonchev–Trinajstić information content (AvgIpc) is 3.27. The lowest BCUT2D eigenvalue weighted by atomic mass is 10.0. The maximum atomic E-state index is 13.1. The number of para-hydroxylation sites is 1. The quantitative estimate of drug-likeness (QED) is 0.730. The van der Waals surface area contributed by atoms with Gasteiger partial charge in [0.2, 0.25) is 0 Å². The second kappa shape index (κ2) is 8.07. The third-order valence-electron chi connectivity index (χ3n) is 5.46. The fraction of sp³-hybridized carbons (Fsp3) is 0.348. The number of carbonyl (C=O) groups excluding carboxylic acids is 2. The third kappa shape index (κ3) is 4.01. The lowest BCUT2D eigenvalue weighted by Gasteiger charge is -2.32. The van der Waals surface area contributed by atoms with Gasteiger partial charge in [0.15, 0.2) is 0 Å². The summed E-state index contributed by atoms with van der Waals surface area (Å²) >= 11 is 0. The van der Waals surface area contributed by atoms with Crippen LogP contribution in [-0.4, -0.2) is 40.8 Å². The van der Waals surface area contributed by atoms with Crippen molar-refractivity contribution < 1.29 is 14.0 Å². The molecular formula is C23H25N3O3. The number of carbonyl (C=O) groups is 2. The summed E-state index contributed by atoms with van der Waals surface area (Å²) in [5.74, 6) is 0.138. The summed E-state index contributed by atoms with van der Waals surface area (Å²) in [6, 6.07) is 11.4. The van der Waals surface area contributed by atoms with Crippen LogP contribution in [-0.2, 0) is 0 Å². The molecular weight excluding hydrogens is 366 g/mol. The van der Waals surface area contributed by atoms with Crippen LogP contribution >= 0.6 is 0 Å². The number of aromatic nitrogens is 1. The molecule has 0 saturated carbocycles. The SMILES string of the molecule is CC(C)c1cc(C(=O)NC2CCN(C(=O)c3ccoc3)CC2)c2ccccc2n1. The van der Waals surface area contributed by atoms with E-state index in [9.17, 15) is 9.59 Å². The van der Waals surface area contributed by atoms with Crippen LogP contribution in [0.4, 0.5) is 0 Å². The zero-order valence-electron chi connectivity index (χ0n) is 16.7. The van der Waals surface area contributed by atoms with E-state index in [1.807, 2.05) is 35.2 Å². The number of rotatable bonds is 4. The van der Waals surface area contributed by atoms with E-state index in [2.05, 4.69) is 24.1 Å². The van der Waals surface area contributed by atoms with E-state index in [1.54, 1.807) is 6.07 Å². The third-order valence-corrected chi connectivity index (χ3v) is 5.46. The van der Waals surface area contributed by atoms with Crippen molar-refractivity contribution in [3.63, 3.8) is 0 Å². The summed E-state index contributed by atoms with van der Waals surface area (Å²) in [5, 5.41) is 4.03. The Kier molecular flexibility index (Phi) is 5.34. The molecule has 0 bridgehead atoms. The molecule has 2 amide bonds. The van der Waals surface area contributed by atoms with Crippen molar-refractivity contribution in [1.82, 2.24) is 15.2 Å². The van der Waals surface area contributed by atoms with Crippen molar-refractivity contribution >= 4 is 22.7 Å². The zero-order valence-corrected chi connectivity index (χ0v) is 16.7. The van der Waals surface area contributed by atoms with Gasteiger partial charge >= 0.3 is 0 Å². The van der Waals surface area contributed by atoms with E-state index in [-0.39, 0.29) is 23.8 Å². The van der Waals surface area contributed by atoms with Crippen molar-refractivity contribution in [2.45, 2.75) is 38.6 Å². The Labute approximate surface area is 169 Å². The van der Waals surface area contributed by atoms with Crippen LogP contribution in [0.5, 0.6) is 0 Å². The topological polar surface area (TPSA) is 75.4 Å². The van der Waals surface area contributed by atoms with Gasteiger partial charge in [-0.05, 0) is 37.0 Å². The van der Waals surface area contributed by atoms with Crippen LogP contribution in [0.1, 0.15) is 59.0 Å². The minimum Gasteiger partial charge on any atom is -0.472 e. The minimum atomic E-state index is -0.0786. The Morgan fingerprint density at radius 3 is 2.62 bits per heavy atom. The average molecular weight is 391 g/mol. The Morgan fingerprint density at radius 2 is 1.93 bits per heavy atom. The van der Waals surface area contributed by atoms with Crippen molar-refractivity contribution in [2.24, 2.45) is 0 Å². The van der Waals surface area contributed by atoms with Crippen molar-refractivity contribution in [3.05, 3.63) is 65.7 Å². The Balaban J connectivity index is 1.46. The molecule has 3 aromatic rings. The second-order valence-corrected chi connectivity index (χ2v) is 7.82. The first-order chi connectivity index (χ1) is 14.0. The molecule has 0 atom stereocenters. The zero-order chi connectivity index (χ0) is 20.4. The number of nitrogens with zero attached hydrogens (tertiary/aromatic N) is 2. The van der Waals surface area contributed by atoms with Gasteiger partial charge in [-0.3, -0.25) is 14.6 Å². The molecule has 150 valence electrons. The molecule has 6 nitrogen and oxygen atoms in total. The van der Waals surface area contributed by atoms with Crippen molar-refractivity contribution in [2.75, 3.05) is 13.1 Å². The molecule has 0 unspecified atom stereocenters. The highest BCUT2D eigenvalue weighted by atomic mass is 16.3. The second-order valence-electron chi connectivity index (χ2n) is 7.82. The lowest BCUT2D eigenvalue weighted by Crippen LogP contribution is -2.46. The number of pyridine rings is 1. The fourth-order valence-corrected chi connectivity index (χ4v) is 3.74. The van der Waals surface area contributed by atoms with Crippen LogP contribution in [0.15, 0.2) is 53.3 Å². The van der Waals surface area contributed by atoms with Gasteiger partial charge in [0, 0.05) is 30.2 Å². The van der Waals surface area contributed by atoms with Gasteiger partial charge in [-0.25, -0.2) is 0 Å². The van der Waals surface area contributed by atoms with E-state index >= 15 is 0 Å². The molecule has 1 saturated heterocycles. The molecule has 1 aliphatic heterocycles. The van der Waals surface area contributed by atoms with Gasteiger partial charge in [0.05, 0.1) is 22.9 Å². The van der Waals surface area contributed by atoms with E-state index < -0.39 is 0 Å². The number of hydrogen-bond donors (Lipinski definition) is 1. The Bertz CT molecular complexity index is 1020. The molecule has 0 radical (unpaired) electrons. The normalized spacial score (nSPS) is 15.1. The number of piperidine rings is 1. The molecule has 6 heteroatoms. The number of amides is 2. The maximum absolute atomic E-state index is 13.1. The Hall–Kier alpha value is -3.15. The van der Waals surface area contributed by atoms with Crippen LogP contribution in [0.3, 0.4) is 0 Å². The predicted octanol–water partition coefficient (Wildman–Crippen LogP) is 3.99. The number of likely N-dealkylation sites (tertiary alicyclic amines) is 1. The van der Waals surface area contributed by atoms with E-state index in [0.717, 1.165) is 29.4 Å². The molecule has 2 aromatic heterocycles. The lowest BCUT2D eigenvalue weighted by molar-refractivity contribution is 0.0697. The van der Waals surface area contributed by atoms with Gasteiger partial charge in [-0.15, -0.1) is 0 Å². The predicted molar refractivity (Wildman–Crippen MR) is 111 cm³/mol. The van der Waals surface area contributed by atoms with E-state index in [1.165, 1.54) is 12.5 Å². The molecule has 0 aliphatic carbocycles. The first-order valence-corrected chi connectivity index (χ1v) is 10.0. The molecule has 1 aromatic carbocycles. The minimum absolute atomic E-state index is 0.0229. The number of furan rings is 1.